The first kappa shape index (κ1) is 146. The summed E-state index contributed by atoms with van der Waals surface area (Å²) in [6.45, 7) is 20.3. The number of thioether (sulfide) groups is 1. The number of phenols is 3. The second-order valence-corrected chi connectivity index (χ2v) is 35.7. The number of aromatic nitrogens is 4. The molecule has 0 saturated heterocycles. The number of carboxylic acid groups (broad SMARTS) is 2. The molecule has 31 N–H and O–H groups in total. The molecule has 0 amide bonds. The summed E-state index contributed by atoms with van der Waals surface area (Å²) in [5.41, 5.74) is 70.0. The Labute approximate surface area is 881 Å². The van der Waals surface area contributed by atoms with Crippen LogP contribution in [-0.2, 0) is 62.7 Å². The van der Waals surface area contributed by atoms with E-state index in [4.69, 9.17) is 95.1 Å². The molecule has 0 aliphatic carbocycles. The van der Waals surface area contributed by atoms with E-state index in [9.17, 15) is 76.2 Å². The number of aromatic carboxylic acids is 1. The van der Waals surface area contributed by atoms with Crippen LogP contribution >= 0.6 is 90.8 Å². The summed E-state index contributed by atoms with van der Waals surface area (Å²) in [4.78, 5) is 34.0. The molecule has 11 rings (SSSR count). The van der Waals surface area contributed by atoms with Gasteiger partial charge in [-0.05, 0) is 282 Å². The summed E-state index contributed by atoms with van der Waals surface area (Å²) in [7, 11) is 0. The number of imidazole rings is 1. The van der Waals surface area contributed by atoms with Gasteiger partial charge in [0.15, 0.2) is 28.9 Å². The maximum atomic E-state index is 12.9. The lowest BCUT2D eigenvalue weighted by atomic mass is 9.90. The van der Waals surface area contributed by atoms with E-state index >= 15 is 0 Å². The van der Waals surface area contributed by atoms with Crippen LogP contribution < -0.4 is 72.5 Å². The third-order valence-electron chi connectivity index (χ3n) is 17.9. The maximum Gasteiger partial charge on any atom is 0.499 e. The van der Waals surface area contributed by atoms with E-state index in [2.05, 4.69) is 24.4 Å². The predicted octanol–water partition coefficient (Wildman–Crippen LogP) is 17.3. The minimum Gasteiger partial charge on any atom is -0.508 e. The Morgan fingerprint density at radius 3 is 1.29 bits per heavy atom. The van der Waals surface area contributed by atoms with E-state index in [-0.39, 0.29) is 179 Å². The molecule has 26 nitrogen and oxygen atoms in total. The predicted molar refractivity (Wildman–Crippen MR) is 574 cm³/mol. The van der Waals surface area contributed by atoms with E-state index in [1.165, 1.54) is 60.9 Å². The molecular formula is C98H142ClF14N15O11S6. The number of ether oxygens (including phenoxy) is 2. The zero-order chi connectivity index (χ0) is 105. The molecule has 0 aliphatic heterocycles. The van der Waals surface area contributed by atoms with Crippen LogP contribution in [0.25, 0.3) is 11.2 Å². The number of hydrogen-bond acceptors (Lipinski definition) is 22. The van der Waals surface area contributed by atoms with Gasteiger partial charge in [0.1, 0.15) is 52.2 Å². The Hall–Kier alpha value is -9.80. The van der Waals surface area contributed by atoms with Crippen molar-refractivity contribution < 1.29 is 117 Å². The molecule has 7 unspecified atom stereocenters. The highest BCUT2D eigenvalue weighted by Gasteiger charge is 2.61. The van der Waals surface area contributed by atoms with Gasteiger partial charge in [-0.1, -0.05) is 108 Å². The van der Waals surface area contributed by atoms with E-state index < -0.39 is 71.4 Å². The van der Waals surface area contributed by atoms with Gasteiger partial charge < -0.3 is 114 Å². The second-order valence-electron chi connectivity index (χ2n) is 34.2. The van der Waals surface area contributed by atoms with Gasteiger partial charge in [0, 0.05) is 93.4 Å². The monoisotopic (exact) mass is 2200 g/mol. The van der Waals surface area contributed by atoms with Crippen LogP contribution in [0.4, 0.5) is 67.3 Å². The average molecular weight is 2200 g/mol. The van der Waals surface area contributed by atoms with Crippen LogP contribution in [0.1, 0.15) is 156 Å². The van der Waals surface area contributed by atoms with Gasteiger partial charge >= 0.3 is 30.8 Å². The van der Waals surface area contributed by atoms with E-state index in [0.717, 1.165) is 88.1 Å². The number of fused-ring (bicyclic) bond motifs is 1. The summed E-state index contributed by atoms with van der Waals surface area (Å²) in [6, 6.07) is 49.4. The van der Waals surface area contributed by atoms with Crippen molar-refractivity contribution in [3.8, 4) is 28.7 Å². The van der Waals surface area contributed by atoms with Gasteiger partial charge in [-0.3, -0.25) is 4.79 Å². The number of halogens is 15. The molecule has 47 heteroatoms. The molecule has 2 aromatic heterocycles. The Morgan fingerprint density at radius 2 is 0.897 bits per heavy atom. The lowest BCUT2D eigenvalue weighted by Gasteiger charge is -2.20. The van der Waals surface area contributed by atoms with Crippen molar-refractivity contribution in [2.24, 2.45) is 57.3 Å². The molecule has 9 aromatic carbocycles. The topological polar surface area (TPSA) is 547 Å². The molecule has 0 saturated carbocycles. The second kappa shape index (κ2) is 72.5. The minimum absolute atomic E-state index is 0. The molecular weight excluding hydrogens is 2060 g/mol. The number of nitrogen functional groups attached to an aromatic ring is 1. The number of aromatic hydroxyl groups is 3. The van der Waals surface area contributed by atoms with Crippen LogP contribution in [-0.4, -0.2) is 152 Å². The number of benzene rings is 9. The van der Waals surface area contributed by atoms with Crippen molar-refractivity contribution in [2.75, 3.05) is 5.73 Å². The van der Waals surface area contributed by atoms with Crippen LogP contribution in [0.3, 0.4) is 0 Å². The normalized spacial score (nSPS) is 12.5. The number of phenolic OH excluding ortho intramolecular Hbond substituents is 3. The molecule has 816 valence electrons. The van der Waals surface area contributed by atoms with Gasteiger partial charge in [-0.25, -0.2) is 41.7 Å². The zero-order valence-electron chi connectivity index (χ0n) is 82.1. The van der Waals surface area contributed by atoms with Gasteiger partial charge in [0.2, 0.25) is 0 Å². The Kier molecular flexibility index (Phi) is 73.0. The molecule has 2 heterocycles. The number of carboxylic acids is 2. The van der Waals surface area contributed by atoms with E-state index in [1.54, 1.807) is 99.9 Å². The van der Waals surface area contributed by atoms with Crippen molar-refractivity contribution in [2.45, 2.75) is 242 Å². The average Bonchev–Trinajstić information content (AvgIpc) is 1.64. The first-order valence-electron chi connectivity index (χ1n) is 43.0. The number of nitrogens with two attached hydrogens (primary N) is 11. The van der Waals surface area contributed by atoms with Crippen LogP contribution in [0.2, 0.25) is 5.02 Å². The number of anilines is 1. The number of alkyl halides is 9. The smallest absolute Gasteiger partial charge is 0.499 e. The Balaban J connectivity index is -0.000000369. The highest BCUT2D eigenvalue weighted by molar-refractivity contribution is 7.99. The fourth-order valence-electron chi connectivity index (χ4n) is 12.2. The van der Waals surface area contributed by atoms with E-state index in [1.807, 2.05) is 109 Å². The standard InChI is InChI=1S/C11H14ClNO2.C11H12F5NO.C11H15NO2.C10H13F2NO.C10H13F2NS.C10H15NO.C9H10F3N.C9H11F2N.C9H13NO2.C8H12N6.2H2O.5H2S/c1-7(13)10(6-11(14)15)8-2-4-9(12)5-3-8;1-7(17)6-8-2-4-9(5-3-8)18-11(15,16)10(12,13)14;1-11(2,12)7-8-4-3-5-9(6-8)10(13)14;2*1-7(13)6-8-2-4-9(5-3-8)14-10(11)12;1-10(2,11)7-8-4-3-5-9(12)6-8;1-5(13)2-6-3-7(10)9(12)8(11)4-6;1-6(12)5-7-8(10)3-2-4-9(7)11;1-6(10)4-7-2-3-8(11)5-9(7)12;1-5(9)2-14-4-13-6-7(10)11-3-12-8(6)14;;;;;;;/h2-5,7,10H,6,13H2,1H3,(H,14,15);2-5,7H,6,17H2,1H3;3-6H,7,12H2,1-2H3,(H,13,14);2*2-5,7,10H,6,13H2,1H3;3-6,12H,7,11H2,1-2H3;3-5H,2,13H2,1H3;2-4,6H,5,12H2,1H3;2-3,5-6,11-12H,4,10H2,1H3;3-5H,2,9H2,1H3,(H2,10,11,12);7*1H2/t7-,10?;;;;;;5-;;;;;;;;;;/m1.....1........../s1. The molecule has 9 atom stereocenters. The van der Waals surface area contributed by atoms with Crippen molar-refractivity contribution in [3.05, 3.63) is 297 Å². The maximum absolute atomic E-state index is 12.9. The molecule has 0 aliphatic rings. The highest BCUT2D eigenvalue weighted by atomic mass is 35.5. The lowest BCUT2D eigenvalue weighted by Crippen LogP contribution is -2.41. The fraction of sp³-hybridized carbons (Fsp3) is 0.378. The molecule has 0 fully saturated rings. The SMILES string of the molecule is CC(C)(N)Cc1cccc(C(=O)O)c1.CC(C)(N)Cc1cccc(O)c1.CC(N)Cc1c(F)cccc1F.CC(N)Cc1ccc(O)cc1O.CC(N)Cc1ccc(OC(F)(F)C(F)(F)F)cc1.CC(N)Cc1ccc(OC(F)F)cc1.CC(N)Cc1ccc(SC(F)F)cc1.CC(N)Cn1cnc2c(N)ncnc21.C[C@@H](N)C(CC(=O)O)c1ccc(Cl)cc1.C[C@@H](N)Cc1cc(F)c(F)c(F)c1.O.O.S.S.S.S.S. The number of hydrogen-bond donors (Lipinski definition) is 16. The van der Waals surface area contributed by atoms with Crippen molar-refractivity contribution in [1.82, 2.24) is 19.5 Å². The summed E-state index contributed by atoms with van der Waals surface area (Å²) in [6.07, 6.45) is -3.15. The number of rotatable bonds is 29. The molecule has 0 spiro atoms. The van der Waals surface area contributed by atoms with Crippen molar-refractivity contribution >= 4 is 120 Å². The highest BCUT2D eigenvalue weighted by Crippen LogP contribution is 2.38. The van der Waals surface area contributed by atoms with Gasteiger partial charge in [-0.2, -0.15) is 107 Å². The molecule has 0 bridgehead atoms. The summed E-state index contributed by atoms with van der Waals surface area (Å²) >= 11 is 6.32. The number of nitrogens with zero attached hydrogens (tertiary/aromatic N) is 4. The van der Waals surface area contributed by atoms with Crippen LogP contribution in [0, 0.1) is 29.1 Å². The first-order valence-corrected chi connectivity index (χ1v) is 44.3. The lowest BCUT2D eigenvalue weighted by molar-refractivity contribution is -0.360. The number of aliphatic carboxylic acids is 1. The molecule has 145 heavy (non-hydrogen) atoms. The summed E-state index contributed by atoms with van der Waals surface area (Å²) in [5, 5.41) is 45.7. The van der Waals surface area contributed by atoms with Gasteiger partial charge in [0.25, 0.3) is 5.76 Å². The fourth-order valence-corrected chi connectivity index (χ4v) is 12.9. The van der Waals surface area contributed by atoms with E-state index in [0.29, 0.717) is 82.1 Å². The van der Waals surface area contributed by atoms with Crippen LogP contribution in [0.15, 0.2) is 212 Å². The summed E-state index contributed by atoms with van der Waals surface area (Å²) in [5.74, 6) is -8.58. The van der Waals surface area contributed by atoms with Crippen molar-refractivity contribution in [1.29, 1.82) is 0 Å². The summed E-state index contributed by atoms with van der Waals surface area (Å²) < 4.78 is 182. The van der Waals surface area contributed by atoms with Gasteiger partial charge in [-0.15, -0.1) is 0 Å². The first-order chi connectivity index (χ1) is 64.0. The van der Waals surface area contributed by atoms with Gasteiger partial charge in [0.05, 0.1) is 18.3 Å². The van der Waals surface area contributed by atoms with Crippen LogP contribution in [0.5, 0.6) is 28.7 Å². The largest absolute Gasteiger partial charge is 0.508 e. The quantitative estimate of drug-likeness (QED) is 0.0118. The number of carbonyl (C=O) groups is 2. The third kappa shape index (κ3) is 63.5. The Bertz CT molecular complexity index is 5250. The Morgan fingerprint density at radius 1 is 0.476 bits per heavy atom. The third-order valence-corrected chi connectivity index (χ3v) is 18.9. The van der Waals surface area contributed by atoms with Crippen molar-refractivity contribution in [3.63, 3.8) is 0 Å². The molecule has 11 aromatic rings. The minimum atomic E-state index is -5.74. The molecule has 0 radical (unpaired) electrons. The zero-order valence-corrected chi connectivity index (χ0v) is 88.7.